The van der Waals surface area contributed by atoms with Crippen LogP contribution in [0, 0.1) is 12.8 Å². The minimum absolute atomic E-state index is 0.132. The second kappa shape index (κ2) is 9.09. The summed E-state index contributed by atoms with van der Waals surface area (Å²) in [5.41, 5.74) is 7.22. The summed E-state index contributed by atoms with van der Waals surface area (Å²) < 4.78 is 10.0. The Morgan fingerprint density at radius 1 is 1.09 bits per heavy atom. The van der Waals surface area contributed by atoms with Gasteiger partial charge in [-0.15, -0.1) is 16.9 Å². The number of ether oxygens (including phenoxy) is 1. The van der Waals surface area contributed by atoms with E-state index < -0.39 is 0 Å². The number of benzene rings is 1. The molecular formula is C27H28N6OS. The van der Waals surface area contributed by atoms with Gasteiger partial charge in [0.1, 0.15) is 5.65 Å². The van der Waals surface area contributed by atoms with Crippen LogP contribution in [0.2, 0.25) is 0 Å². The molecule has 1 fully saturated rings. The summed E-state index contributed by atoms with van der Waals surface area (Å²) >= 11 is 1.67. The SMILES string of the molecule is CSc1ccc2c3ncc(-c4c(C)nnn4C)cc3n([C@H](c3ccccc3)C3CCOCC3)c2n1. The predicted octanol–water partition coefficient (Wildman–Crippen LogP) is 5.43. The van der Waals surface area contributed by atoms with Crippen LogP contribution in [0.25, 0.3) is 33.3 Å². The normalized spacial score (nSPS) is 15.7. The molecule has 0 N–H and O–H groups in total. The molecule has 1 aliphatic heterocycles. The summed E-state index contributed by atoms with van der Waals surface area (Å²) in [6.07, 6.45) is 6.04. The van der Waals surface area contributed by atoms with E-state index in [2.05, 4.69) is 69.7 Å². The Labute approximate surface area is 208 Å². The monoisotopic (exact) mass is 484 g/mol. The van der Waals surface area contributed by atoms with E-state index in [1.54, 1.807) is 11.8 Å². The van der Waals surface area contributed by atoms with Crippen LogP contribution in [-0.4, -0.2) is 49.0 Å². The van der Waals surface area contributed by atoms with E-state index in [0.717, 1.165) is 70.1 Å². The van der Waals surface area contributed by atoms with Crippen LogP contribution in [-0.2, 0) is 11.8 Å². The van der Waals surface area contributed by atoms with Gasteiger partial charge in [0.15, 0.2) is 0 Å². The maximum atomic E-state index is 5.75. The maximum Gasteiger partial charge on any atom is 0.144 e. The summed E-state index contributed by atoms with van der Waals surface area (Å²) in [6.45, 7) is 3.57. The first kappa shape index (κ1) is 22.2. The molecule has 6 rings (SSSR count). The molecule has 5 aromatic rings. The van der Waals surface area contributed by atoms with Crippen LogP contribution < -0.4 is 0 Å². The van der Waals surface area contributed by atoms with Crippen molar-refractivity contribution in [3.8, 4) is 11.3 Å². The van der Waals surface area contributed by atoms with E-state index in [4.69, 9.17) is 14.7 Å². The molecule has 7 nitrogen and oxygen atoms in total. The highest BCUT2D eigenvalue weighted by Crippen LogP contribution is 2.41. The second-order valence-electron chi connectivity index (χ2n) is 9.14. The van der Waals surface area contributed by atoms with Gasteiger partial charge in [0, 0.05) is 37.4 Å². The number of thioether (sulfide) groups is 1. The first-order chi connectivity index (χ1) is 17.2. The first-order valence-electron chi connectivity index (χ1n) is 12.0. The molecule has 178 valence electrons. The Bertz CT molecular complexity index is 1480. The van der Waals surface area contributed by atoms with Crippen molar-refractivity contribution in [1.82, 2.24) is 29.5 Å². The maximum absolute atomic E-state index is 5.75. The van der Waals surface area contributed by atoms with Crippen molar-refractivity contribution in [3.63, 3.8) is 0 Å². The van der Waals surface area contributed by atoms with Gasteiger partial charge in [0.25, 0.3) is 0 Å². The molecule has 4 aromatic heterocycles. The Hall–Kier alpha value is -3.23. The number of hydrogen-bond donors (Lipinski definition) is 0. The van der Waals surface area contributed by atoms with Crippen LogP contribution in [0.4, 0.5) is 0 Å². The molecule has 0 saturated carbocycles. The smallest absolute Gasteiger partial charge is 0.144 e. The summed E-state index contributed by atoms with van der Waals surface area (Å²) in [4.78, 5) is 10.1. The fourth-order valence-electron chi connectivity index (χ4n) is 5.45. The topological polar surface area (TPSA) is 70.7 Å². The minimum atomic E-state index is 0.132. The van der Waals surface area contributed by atoms with Gasteiger partial charge in [-0.25, -0.2) is 9.67 Å². The van der Waals surface area contributed by atoms with Crippen LogP contribution >= 0.6 is 11.8 Å². The van der Waals surface area contributed by atoms with Crippen molar-refractivity contribution in [1.29, 1.82) is 0 Å². The third-order valence-corrected chi connectivity index (χ3v) is 7.72. The molecule has 0 amide bonds. The largest absolute Gasteiger partial charge is 0.381 e. The average molecular weight is 485 g/mol. The summed E-state index contributed by atoms with van der Waals surface area (Å²) in [6, 6.07) is 17.5. The number of rotatable bonds is 5. The molecule has 1 saturated heterocycles. The molecule has 1 aromatic carbocycles. The molecule has 35 heavy (non-hydrogen) atoms. The van der Waals surface area contributed by atoms with Gasteiger partial charge in [0.2, 0.25) is 0 Å². The lowest BCUT2D eigenvalue weighted by molar-refractivity contribution is 0.0552. The highest BCUT2D eigenvalue weighted by molar-refractivity contribution is 7.98. The lowest BCUT2D eigenvalue weighted by atomic mass is 9.86. The fourth-order valence-corrected chi connectivity index (χ4v) is 5.83. The van der Waals surface area contributed by atoms with Crippen LogP contribution in [0.3, 0.4) is 0 Å². The number of nitrogens with zero attached hydrogens (tertiary/aromatic N) is 6. The molecule has 1 aliphatic rings. The van der Waals surface area contributed by atoms with E-state index in [-0.39, 0.29) is 6.04 Å². The van der Waals surface area contributed by atoms with Crippen LogP contribution in [0.5, 0.6) is 0 Å². The Balaban J connectivity index is 1.68. The van der Waals surface area contributed by atoms with E-state index in [1.807, 2.05) is 24.9 Å². The molecular weight excluding hydrogens is 456 g/mol. The first-order valence-corrected chi connectivity index (χ1v) is 13.2. The van der Waals surface area contributed by atoms with Gasteiger partial charge in [-0.3, -0.25) is 4.98 Å². The van der Waals surface area contributed by atoms with Gasteiger partial charge in [-0.2, -0.15) is 0 Å². The van der Waals surface area contributed by atoms with Crippen LogP contribution in [0.1, 0.15) is 30.1 Å². The zero-order valence-electron chi connectivity index (χ0n) is 20.2. The number of fused-ring (bicyclic) bond motifs is 3. The zero-order chi connectivity index (χ0) is 23.9. The quantitative estimate of drug-likeness (QED) is 0.310. The van der Waals surface area contributed by atoms with Crippen molar-refractivity contribution >= 4 is 33.8 Å². The van der Waals surface area contributed by atoms with Gasteiger partial charge >= 0.3 is 0 Å². The molecule has 0 bridgehead atoms. The highest BCUT2D eigenvalue weighted by Gasteiger charge is 2.31. The molecule has 0 unspecified atom stereocenters. The van der Waals surface area contributed by atoms with E-state index in [9.17, 15) is 0 Å². The average Bonchev–Trinajstić information content (AvgIpc) is 3.41. The molecule has 0 spiro atoms. The standard InChI is InChI=1S/C27H28N6OS/c1-17-25(32(2)31-30-17)20-15-22-24(28-16-20)21-9-10-23(35-3)29-27(21)33(22)26(18-7-5-4-6-8-18)19-11-13-34-14-12-19/h4-10,15-16,19,26H,11-14H2,1-3H3/t26-/m1/s1. The second-order valence-corrected chi connectivity index (χ2v) is 9.97. The van der Waals surface area contributed by atoms with Gasteiger partial charge < -0.3 is 9.30 Å². The van der Waals surface area contributed by atoms with Crippen molar-refractivity contribution in [3.05, 3.63) is 66.0 Å². The number of pyridine rings is 2. The minimum Gasteiger partial charge on any atom is -0.381 e. The van der Waals surface area contributed by atoms with Gasteiger partial charge in [-0.1, -0.05) is 35.5 Å². The molecule has 8 heteroatoms. The number of hydrogen-bond acceptors (Lipinski definition) is 6. The predicted molar refractivity (Wildman–Crippen MR) is 140 cm³/mol. The zero-order valence-corrected chi connectivity index (χ0v) is 21.0. The summed E-state index contributed by atoms with van der Waals surface area (Å²) in [7, 11) is 1.93. The van der Waals surface area contributed by atoms with Gasteiger partial charge in [0.05, 0.1) is 33.5 Å². The van der Waals surface area contributed by atoms with E-state index >= 15 is 0 Å². The third-order valence-electron chi connectivity index (χ3n) is 7.07. The molecule has 0 radical (unpaired) electrons. The lowest BCUT2D eigenvalue weighted by Gasteiger charge is -2.32. The van der Waals surface area contributed by atoms with Crippen molar-refractivity contribution < 1.29 is 4.74 Å². The number of aromatic nitrogens is 6. The summed E-state index contributed by atoms with van der Waals surface area (Å²) in [5, 5.41) is 10.6. The van der Waals surface area contributed by atoms with E-state index in [1.165, 1.54) is 5.56 Å². The molecule has 0 aliphatic carbocycles. The lowest BCUT2D eigenvalue weighted by Crippen LogP contribution is -2.27. The highest BCUT2D eigenvalue weighted by atomic mass is 32.2. The van der Waals surface area contributed by atoms with E-state index in [0.29, 0.717) is 5.92 Å². The van der Waals surface area contributed by atoms with Crippen molar-refractivity contribution in [2.75, 3.05) is 19.5 Å². The fraction of sp³-hybridized carbons (Fsp3) is 0.333. The van der Waals surface area contributed by atoms with Gasteiger partial charge in [-0.05, 0) is 55.7 Å². The Morgan fingerprint density at radius 2 is 1.89 bits per heavy atom. The van der Waals surface area contributed by atoms with Crippen molar-refractivity contribution in [2.24, 2.45) is 13.0 Å². The number of aryl methyl sites for hydroxylation is 2. The van der Waals surface area contributed by atoms with Crippen molar-refractivity contribution in [2.45, 2.75) is 30.8 Å². The summed E-state index contributed by atoms with van der Waals surface area (Å²) in [5.74, 6) is 0.438. The Morgan fingerprint density at radius 3 is 2.60 bits per heavy atom. The molecule has 1 atom stereocenters. The van der Waals surface area contributed by atoms with Crippen LogP contribution in [0.15, 0.2) is 59.8 Å². The third kappa shape index (κ3) is 3.81. The Kier molecular flexibility index (Phi) is 5.78. The molecule has 5 heterocycles.